The quantitative estimate of drug-likeness (QED) is 0.153. The van der Waals surface area contributed by atoms with E-state index >= 15 is 0 Å². The van der Waals surface area contributed by atoms with Crippen molar-refractivity contribution >= 4 is 28.4 Å². The van der Waals surface area contributed by atoms with Crippen LogP contribution in [0.4, 0.5) is 5.69 Å². The van der Waals surface area contributed by atoms with Gasteiger partial charge < -0.3 is 39.6 Å². The zero-order valence-electron chi connectivity index (χ0n) is 28.9. The third-order valence-corrected chi connectivity index (χ3v) is 11.0. The second-order valence-corrected chi connectivity index (χ2v) is 14.9. The number of anilines is 1. The number of amides is 2. The maximum atomic E-state index is 14.1. The lowest BCUT2D eigenvalue weighted by atomic mass is 9.72. The summed E-state index contributed by atoms with van der Waals surface area (Å²) in [4.78, 5) is 40.6. The van der Waals surface area contributed by atoms with Gasteiger partial charge in [-0.15, -0.1) is 0 Å². The summed E-state index contributed by atoms with van der Waals surface area (Å²) in [5.41, 5.74) is 6.61. The number of carbonyl (C=O) groups excluding carboxylic acids is 2. The number of H-pyrrole nitrogens is 1. The van der Waals surface area contributed by atoms with Crippen LogP contribution in [0.15, 0.2) is 75.8 Å². The molecule has 262 valence electrons. The van der Waals surface area contributed by atoms with Gasteiger partial charge >= 0.3 is 0 Å². The number of oxazole rings is 2. The van der Waals surface area contributed by atoms with Gasteiger partial charge in [-0.1, -0.05) is 70.2 Å². The van der Waals surface area contributed by atoms with Crippen LogP contribution in [0.3, 0.4) is 0 Å². The third-order valence-electron chi connectivity index (χ3n) is 11.0. The van der Waals surface area contributed by atoms with Crippen LogP contribution in [0, 0.1) is 11.8 Å². The summed E-state index contributed by atoms with van der Waals surface area (Å²) in [5.74, 6) is 0.694. The predicted molar refractivity (Wildman–Crippen MR) is 191 cm³/mol. The molecule has 7 heterocycles. The number of rotatable bonds is 4. The minimum atomic E-state index is -1.28. The third kappa shape index (κ3) is 4.12. The number of para-hydroxylation sites is 1. The molecule has 10 rings (SSSR count). The average molecular weight is 697 g/mol. The van der Waals surface area contributed by atoms with Crippen LogP contribution >= 0.6 is 0 Å². The first-order valence-corrected chi connectivity index (χ1v) is 17.7. The Morgan fingerprint density at radius 3 is 2.65 bits per heavy atom. The van der Waals surface area contributed by atoms with Gasteiger partial charge in [-0.05, 0) is 35.1 Å². The van der Waals surface area contributed by atoms with E-state index in [2.05, 4.69) is 45.2 Å². The van der Waals surface area contributed by atoms with E-state index in [1.807, 2.05) is 50.4 Å². The van der Waals surface area contributed by atoms with E-state index in [0.717, 1.165) is 50.0 Å². The first-order chi connectivity index (χ1) is 25.1. The van der Waals surface area contributed by atoms with Gasteiger partial charge in [0.1, 0.15) is 29.4 Å². The van der Waals surface area contributed by atoms with Gasteiger partial charge in [0.25, 0.3) is 0 Å². The minimum Gasteiger partial charge on any atom is -0.469 e. The summed E-state index contributed by atoms with van der Waals surface area (Å²) in [7, 11) is 0. The molecule has 3 aromatic carbocycles. The molecule has 5 N–H and O–H groups in total. The fourth-order valence-corrected chi connectivity index (χ4v) is 8.42. The van der Waals surface area contributed by atoms with Crippen LogP contribution in [0.1, 0.15) is 62.1 Å². The number of carbonyl (C=O) groups is 2. The van der Waals surface area contributed by atoms with Crippen LogP contribution in [-0.4, -0.2) is 50.2 Å². The summed E-state index contributed by atoms with van der Waals surface area (Å²) in [6.45, 7) is 7.44. The summed E-state index contributed by atoms with van der Waals surface area (Å²) >= 11 is 0. The fraction of sp³-hybridized carbons (Fsp3) is 0.300. The molecule has 12 nitrogen and oxygen atoms in total. The first-order valence-electron chi connectivity index (χ1n) is 17.7. The van der Waals surface area contributed by atoms with Crippen molar-refractivity contribution < 1.29 is 28.3 Å². The summed E-state index contributed by atoms with van der Waals surface area (Å²) in [5, 5.41) is 21.3. The molecule has 1 spiro atoms. The summed E-state index contributed by atoms with van der Waals surface area (Å²) in [6.07, 6.45) is 1.90. The maximum absolute atomic E-state index is 14.1. The number of ether oxygens (including phenoxy) is 1. The summed E-state index contributed by atoms with van der Waals surface area (Å²) in [6, 6.07) is 16.6. The average Bonchev–Trinajstić information content (AvgIpc) is 3.95. The summed E-state index contributed by atoms with van der Waals surface area (Å²) < 4.78 is 20.4. The lowest BCUT2D eigenvalue weighted by Gasteiger charge is -2.29. The molecule has 0 fully saturated rings. The van der Waals surface area contributed by atoms with Crippen molar-refractivity contribution in [3.05, 3.63) is 95.3 Å². The number of nitrogens with zero attached hydrogens (tertiary/aromatic N) is 2. The highest BCUT2D eigenvalue weighted by molar-refractivity contribution is 6.07. The molecule has 4 aliphatic rings. The molecular weight excluding hydrogens is 660 g/mol. The van der Waals surface area contributed by atoms with Crippen LogP contribution in [-0.2, 0) is 21.4 Å². The lowest BCUT2D eigenvalue weighted by molar-refractivity contribution is -0.135. The van der Waals surface area contributed by atoms with Gasteiger partial charge in [0.2, 0.25) is 23.6 Å². The van der Waals surface area contributed by atoms with E-state index < -0.39 is 41.6 Å². The molecule has 0 saturated carbocycles. The Balaban J connectivity index is 1.28. The van der Waals surface area contributed by atoms with E-state index in [0.29, 0.717) is 23.0 Å². The number of hydrogen-bond acceptors (Lipinski definition) is 9. The molecule has 0 radical (unpaired) electrons. The van der Waals surface area contributed by atoms with E-state index in [1.165, 1.54) is 0 Å². The molecule has 12 heteroatoms. The molecule has 4 aliphatic heterocycles. The van der Waals surface area contributed by atoms with Crippen LogP contribution < -0.4 is 20.7 Å². The number of fused-ring (bicyclic) bond motifs is 7. The lowest BCUT2D eigenvalue weighted by Crippen LogP contribution is -2.52. The van der Waals surface area contributed by atoms with Crippen molar-refractivity contribution in [2.45, 2.75) is 63.9 Å². The smallest absolute Gasteiger partial charge is 0.249 e. The molecule has 0 saturated heterocycles. The Hall–Kier alpha value is -5.88. The van der Waals surface area contributed by atoms with E-state index in [1.54, 1.807) is 20.0 Å². The largest absolute Gasteiger partial charge is 0.469 e. The van der Waals surface area contributed by atoms with Crippen LogP contribution in [0.25, 0.3) is 44.9 Å². The van der Waals surface area contributed by atoms with Gasteiger partial charge in [0.05, 0.1) is 6.20 Å². The Morgan fingerprint density at radius 1 is 1.00 bits per heavy atom. The Labute approximate surface area is 298 Å². The molecule has 10 bridgehead atoms. The normalized spacial score (nSPS) is 22.6. The molecule has 0 aliphatic carbocycles. The number of aromatic nitrogens is 3. The molecule has 2 unspecified atom stereocenters. The van der Waals surface area contributed by atoms with Crippen molar-refractivity contribution in [2.75, 3.05) is 5.32 Å². The van der Waals surface area contributed by atoms with Gasteiger partial charge in [-0.25, -0.2) is 9.97 Å². The highest BCUT2D eigenvalue weighted by atomic mass is 16.5. The standard InChI is InChI=1S/C40H36N6O6/c1-17(2)30-38-45-32-34(52-38)40-23-9-5-8-21(20-7-6-10-25-29(20)22(15-41-25)28-16-42-37(32)50-28)31(23)46-39(40)51-27-12-11-19(13-24(27)40)14-26(35(48)44-30)43-36(49)33(47)18(3)4/h5-13,15-18,26,30,33,39,41,46-47H,14H2,1-4H3,(H,43,49)(H,44,48)/t26-,30-,33-,39?,40?/m0/s1. The number of benzene rings is 3. The fourth-order valence-electron chi connectivity index (χ4n) is 8.42. The Kier molecular flexibility index (Phi) is 6.43. The number of aromatic amines is 1. The van der Waals surface area contributed by atoms with E-state index in [4.69, 9.17) is 23.5 Å². The van der Waals surface area contributed by atoms with Gasteiger partial charge in [0, 0.05) is 51.5 Å². The van der Waals surface area contributed by atoms with Gasteiger partial charge in [-0.2, -0.15) is 0 Å². The van der Waals surface area contributed by atoms with Crippen LogP contribution in [0.2, 0.25) is 0 Å². The predicted octanol–water partition coefficient (Wildman–Crippen LogP) is 5.81. The van der Waals surface area contributed by atoms with Gasteiger partial charge in [0.15, 0.2) is 23.4 Å². The van der Waals surface area contributed by atoms with Crippen molar-refractivity contribution in [2.24, 2.45) is 11.8 Å². The van der Waals surface area contributed by atoms with E-state index in [-0.39, 0.29) is 30.0 Å². The van der Waals surface area contributed by atoms with Crippen molar-refractivity contribution in [1.82, 2.24) is 25.6 Å². The monoisotopic (exact) mass is 696 g/mol. The van der Waals surface area contributed by atoms with Crippen LogP contribution in [0.5, 0.6) is 5.75 Å². The zero-order valence-corrected chi connectivity index (χ0v) is 28.9. The number of nitrogens with one attached hydrogen (secondary N) is 4. The SMILES string of the molecule is CC(C)[C@H](O)C(=O)N[C@H]1Cc2ccc3c(c2)C24c5cccc(c5NC2O3)-c2cccc3[nH]cc(c23)-c2cnc(o2)-c2nc(oc24)[C@H](C(C)C)NC1=O. The molecular formula is C40H36N6O6. The molecule has 52 heavy (non-hydrogen) atoms. The number of hydrogen-bond donors (Lipinski definition) is 5. The number of aliphatic hydroxyl groups is 1. The highest BCUT2D eigenvalue weighted by Crippen LogP contribution is 2.61. The Morgan fingerprint density at radius 2 is 1.83 bits per heavy atom. The zero-order chi connectivity index (χ0) is 35.6. The first kappa shape index (κ1) is 30.9. The minimum absolute atomic E-state index is 0.169. The molecule has 3 aromatic heterocycles. The van der Waals surface area contributed by atoms with Crippen molar-refractivity contribution in [3.63, 3.8) is 0 Å². The maximum Gasteiger partial charge on any atom is 0.249 e. The Bertz CT molecular complexity index is 2480. The van der Waals surface area contributed by atoms with Gasteiger partial charge in [-0.3, -0.25) is 9.59 Å². The van der Waals surface area contributed by atoms with Crippen molar-refractivity contribution in [1.29, 1.82) is 0 Å². The number of aliphatic hydroxyl groups excluding tert-OH is 1. The topological polar surface area (TPSA) is 168 Å². The molecule has 6 aromatic rings. The molecule has 2 amide bonds. The van der Waals surface area contributed by atoms with E-state index in [9.17, 15) is 14.7 Å². The second kappa shape index (κ2) is 10.8. The second-order valence-electron chi connectivity index (χ2n) is 14.9. The van der Waals surface area contributed by atoms with Crippen molar-refractivity contribution in [3.8, 4) is 39.8 Å². The highest BCUT2D eigenvalue weighted by Gasteiger charge is 2.61. The molecule has 5 atom stereocenters.